The van der Waals surface area contributed by atoms with Crippen molar-refractivity contribution in [3.8, 4) is 0 Å². The van der Waals surface area contributed by atoms with Crippen LogP contribution >= 0.6 is 0 Å². The Morgan fingerprint density at radius 1 is 1.38 bits per heavy atom. The number of carbonyl (C=O) groups is 1. The number of amides is 1. The summed E-state index contributed by atoms with van der Waals surface area (Å²) in [6.45, 7) is 7.22. The Kier molecular flexibility index (Phi) is 3.78. The van der Waals surface area contributed by atoms with Gasteiger partial charge in [0.2, 0.25) is 5.91 Å². The average molecular weight is 226 g/mol. The summed E-state index contributed by atoms with van der Waals surface area (Å²) in [5, 5.41) is 0. The zero-order valence-corrected chi connectivity index (χ0v) is 9.98. The van der Waals surface area contributed by atoms with Gasteiger partial charge in [0.1, 0.15) is 0 Å². The largest absolute Gasteiger partial charge is 0.300 e. The number of nitrogens with two attached hydrogens (primary N) is 1. The third-order valence-corrected chi connectivity index (χ3v) is 3.59. The molecule has 0 aromatic heterocycles. The highest BCUT2D eigenvalue weighted by atomic mass is 16.2. The second-order valence-electron chi connectivity index (χ2n) is 4.98. The smallest absolute Gasteiger partial charge is 0.237 e. The minimum Gasteiger partial charge on any atom is -0.300 e. The van der Waals surface area contributed by atoms with Crippen LogP contribution in [0.2, 0.25) is 0 Å². The molecule has 1 saturated carbocycles. The molecule has 1 saturated heterocycles. The Bertz CT molecular complexity index is 246. The molecule has 2 aliphatic rings. The maximum absolute atomic E-state index is 11.3. The van der Waals surface area contributed by atoms with Crippen LogP contribution in [0.15, 0.2) is 0 Å². The Labute approximate surface area is 96.9 Å². The van der Waals surface area contributed by atoms with Crippen molar-refractivity contribution in [2.75, 3.05) is 32.7 Å². The van der Waals surface area contributed by atoms with Gasteiger partial charge in [-0.3, -0.25) is 15.1 Å². The molecule has 5 heteroatoms. The second kappa shape index (κ2) is 5.12. The molecule has 0 aromatic carbocycles. The molecule has 1 aliphatic heterocycles. The van der Waals surface area contributed by atoms with Crippen LogP contribution in [0.4, 0.5) is 0 Å². The summed E-state index contributed by atoms with van der Waals surface area (Å²) in [6.07, 6.45) is 2.76. The van der Waals surface area contributed by atoms with Crippen LogP contribution in [0.5, 0.6) is 0 Å². The summed E-state index contributed by atoms with van der Waals surface area (Å²) in [5.74, 6) is 5.04. The monoisotopic (exact) mass is 226 g/mol. The lowest BCUT2D eigenvalue weighted by Crippen LogP contribution is -2.50. The van der Waals surface area contributed by atoms with Gasteiger partial charge in [-0.15, -0.1) is 0 Å². The lowest BCUT2D eigenvalue weighted by atomic mass is 10.1. The van der Waals surface area contributed by atoms with Gasteiger partial charge in [0.25, 0.3) is 0 Å². The molecule has 0 bridgehead atoms. The van der Waals surface area contributed by atoms with Crippen molar-refractivity contribution in [1.29, 1.82) is 0 Å². The van der Waals surface area contributed by atoms with Crippen molar-refractivity contribution >= 4 is 5.91 Å². The summed E-state index contributed by atoms with van der Waals surface area (Å²) in [6, 6.07) is 0.868. The van der Waals surface area contributed by atoms with Gasteiger partial charge in [0, 0.05) is 44.7 Å². The van der Waals surface area contributed by atoms with Crippen LogP contribution in [-0.2, 0) is 4.79 Å². The highest BCUT2D eigenvalue weighted by Gasteiger charge is 2.31. The maximum atomic E-state index is 11.3. The summed E-state index contributed by atoms with van der Waals surface area (Å²) < 4.78 is 0. The molecule has 16 heavy (non-hydrogen) atoms. The fourth-order valence-corrected chi connectivity index (χ4v) is 2.36. The van der Waals surface area contributed by atoms with Crippen molar-refractivity contribution in [3.63, 3.8) is 0 Å². The Morgan fingerprint density at radius 2 is 2.00 bits per heavy atom. The van der Waals surface area contributed by atoms with E-state index in [4.69, 9.17) is 5.84 Å². The first kappa shape index (κ1) is 11.8. The number of hydrogen-bond acceptors (Lipinski definition) is 4. The number of piperazine rings is 1. The van der Waals surface area contributed by atoms with Gasteiger partial charge in [0.15, 0.2) is 0 Å². The number of carbonyl (C=O) groups excluding carboxylic acids is 1. The van der Waals surface area contributed by atoms with Gasteiger partial charge >= 0.3 is 0 Å². The molecule has 1 atom stereocenters. The summed E-state index contributed by atoms with van der Waals surface area (Å²) in [5.41, 5.74) is 2.22. The van der Waals surface area contributed by atoms with E-state index in [1.165, 1.54) is 12.8 Å². The minimum atomic E-state index is -0.0652. The molecule has 1 aliphatic carbocycles. The first-order chi connectivity index (χ1) is 7.70. The van der Waals surface area contributed by atoms with Gasteiger partial charge in [-0.2, -0.15) is 0 Å². The maximum Gasteiger partial charge on any atom is 0.237 e. The number of hydrogen-bond donors (Lipinski definition) is 2. The van der Waals surface area contributed by atoms with Crippen LogP contribution in [0.25, 0.3) is 0 Å². The third kappa shape index (κ3) is 2.93. The molecule has 1 amide bonds. The van der Waals surface area contributed by atoms with E-state index in [0.717, 1.165) is 38.8 Å². The lowest BCUT2D eigenvalue weighted by molar-refractivity contribution is -0.125. The normalized spacial score (nSPS) is 25.4. The van der Waals surface area contributed by atoms with Crippen LogP contribution < -0.4 is 11.3 Å². The fraction of sp³-hybridized carbons (Fsp3) is 0.909. The van der Waals surface area contributed by atoms with Crippen molar-refractivity contribution in [2.45, 2.75) is 25.8 Å². The lowest BCUT2D eigenvalue weighted by Gasteiger charge is -2.35. The zero-order valence-electron chi connectivity index (χ0n) is 9.98. The zero-order chi connectivity index (χ0) is 11.5. The average Bonchev–Trinajstić information content (AvgIpc) is 3.13. The van der Waals surface area contributed by atoms with Crippen LogP contribution in [-0.4, -0.2) is 54.5 Å². The molecular formula is C11H22N4O. The molecule has 5 nitrogen and oxygen atoms in total. The van der Waals surface area contributed by atoms with E-state index in [9.17, 15) is 4.79 Å². The second-order valence-corrected chi connectivity index (χ2v) is 4.98. The van der Waals surface area contributed by atoms with Crippen molar-refractivity contribution < 1.29 is 4.79 Å². The predicted octanol–water partition coefficient (Wildman–Crippen LogP) is -0.608. The standard InChI is InChI=1S/C11H22N4O/c1-9(11(16)13-12)8-14-4-6-15(7-5-14)10-2-3-10/h9-10H,2-8,12H2,1H3,(H,13,16). The van der Waals surface area contributed by atoms with E-state index in [-0.39, 0.29) is 11.8 Å². The van der Waals surface area contributed by atoms with Crippen molar-refractivity contribution in [1.82, 2.24) is 15.2 Å². The van der Waals surface area contributed by atoms with Crippen LogP contribution in [0.1, 0.15) is 19.8 Å². The topological polar surface area (TPSA) is 61.6 Å². The highest BCUT2D eigenvalue weighted by Crippen LogP contribution is 2.27. The highest BCUT2D eigenvalue weighted by molar-refractivity contribution is 5.77. The van der Waals surface area contributed by atoms with Gasteiger partial charge < -0.3 is 4.90 Å². The molecule has 0 aromatic rings. The first-order valence-electron chi connectivity index (χ1n) is 6.17. The summed E-state index contributed by atoms with van der Waals surface area (Å²) in [7, 11) is 0. The van der Waals surface area contributed by atoms with Gasteiger partial charge in [-0.05, 0) is 12.8 Å². The summed E-state index contributed by atoms with van der Waals surface area (Å²) >= 11 is 0. The van der Waals surface area contributed by atoms with E-state index < -0.39 is 0 Å². The third-order valence-electron chi connectivity index (χ3n) is 3.59. The minimum absolute atomic E-state index is 0.0162. The molecule has 92 valence electrons. The number of hydrazine groups is 1. The quantitative estimate of drug-likeness (QED) is 0.381. The molecule has 0 spiro atoms. The Balaban J connectivity index is 1.69. The van der Waals surface area contributed by atoms with Gasteiger partial charge in [0.05, 0.1) is 0 Å². The van der Waals surface area contributed by atoms with E-state index >= 15 is 0 Å². The Morgan fingerprint density at radius 3 is 2.50 bits per heavy atom. The first-order valence-corrected chi connectivity index (χ1v) is 6.17. The number of nitrogens with zero attached hydrogens (tertiary/aromatic N) is 2. The molecule has 2 rings (SSSR count). The fourth-order valence-electron chi connectivity index (χ4n) is 2.36. The number of rotatable bonds is 4. The molecule has 2 fully saturated rings. The van der Waals surface area contributed by atoms with Crippen LogP contribution in [0.3, 0.4) is 0 Å². The Hall–Kier alpha value is -0.650. The molecular weight excluding hydrogens is 204 g/mol. The molecule has 1 heterocycles. The molecule has 0 radical (unpaired) electrons. The van der Waals surface area contributed by atoms with Gasteiger partial charge in [-0.25, -0.2) is 5.84 Å². The van der Waals surface area contributed by atoms with Crippen molar-refractivity contribution in [3.05, 3.63) is 0 Å². The molecule has 3 N–H and O–H groups in total. The van der Waals surface area contributed by atoms with E-state index in [1.54, 1.807) is 0 Å². The van der Waals surface area contributed by atoms with Crippen molar-refractivity contribution in [2.24, 2.45) is 11.8 Å². The summed E-state index contributed by atoms with van der Waals surface area (Å²) in [4.78, 5) is 16.2. The molecule has 1 unspecified atom stereocenters. The number of nitrogens with one attached hydrogen (secondary N) is 1. The van der Waals surface area contributed by atoms with E-state index in [2.05, 4.69) is 15.2 Å². The van der Waals surface area contributed by atoms with Crippen LogP contribution in [0, 0.1) is 5.92 Å². The predicted molar refractivity (Wildman–Crippen MR) is 62.5 cm³/mol. The SMILES string of the molecule is CC(CN1CCN(C2CC2)CC1)C(=O)NN. The van der Waals surface area contributed by atoms with Gasteiger partial charge in [-0.1, -0.05) is 6.92 Å². The van der Waals surface area contributed by atoms with E-state index in [1.807, 2.05) is 6.92 Å². The van der Waals surface area contributed by atoms with E-state index in [0.29, 0.717) is 0 Å².